The van der Waals surface area contributed by atoms with Gasteiger partial charge in [-0.3, -0.25) is 0 Å². The molecule has 2 fully saturated rings. The summed E-state index contributed by atoms with van der Waals surface area (Å²) >= 11 is 0. The van der Waals surface area contributed by atoms with Crippen LogP contribution < -0.4 is 0 Å². The first kappa shape index (κ1) is 55.0. The summed E-state index contributed by atoms with van der Waals surface area (Å²) in [6, 6.07) is 6.95. The molecule has 0 N–H and O–H groups in total. The second-order valence-electron chi connectivity index (χ2n) is 12.9. The van der Waals surface area contributed by atoms with Crippen molar-refractivity contribution in [1.82, 2.24) is 0 Å². The van der Waals surface area contributed by atoms with E-state index >= 15 is 0 Å². The van der Waals surface area contributed by atoms with Crippen molar-refractivity contribution in [2.24, 2.45) is 0 Å². The zero-order chi connectivity index (χ0) is 50.5. The summed E-state index contributed by atoms with van der Waals surface area (Å²) in [6.07, 6.45) is -70.2. The third kappa shape index (κ3) is 15.1. The third-order valence-corrected chi connectivity index (χ3v) is 8.11. The van der Waals surface area contributed by atoms with E-state index in [0.29, 0.717) is 6.92 Å². The van der Waals surface area contributed by atoms with E-state index in [2.05, 4.69) is 28.4 Å². The number of benzene rings is 1. The van der Waals surface area contributed by atoms with Gasteiger partial charge in [-0.2, -0.15) is 79.0 Å². The lowest BCUT2D eigenvalue weighted by molar-refractivity contribution is -0.341. The Balaban J connectivity index is 2.24. The second kappa shape index (κ2) is 20.6. The lowest BCUT2D eigenvalue weighted by Gasteiger charge is -2.46. The molecule has 2 aliphatic rings. The fraction of sp³-hybridized carbons (Fsp3) is 0.625. The summed E-state index contributed by atoms with van der Waals surface area (Å²) in [5, 5.41) is 0. The smallest absolute Gasteiger partial charge is 0.449 e. The van der Waals surface area contributed by atoms with E-state index < -0.39 is 147 Å². The highest BCUT2D eigenvalue weighted by atomic mass is 19.4. The summed E-state index contributed by atoms with van der Waals surface area (Å²) in [7, 11) is 0. The molecule has 2 saturated heterocycles. The minimum Gasteiger partial charge on any atom is -0.449 e. The Morgan fingerprint density at radius 2 is 0.758 bits per heavy atom. The standard InChI is InChI=1S/C32H24F18O16/c1-10-13(61-21(51)27(33,34)35)15(63-23(53)29(39,40)41)17(65-25(55)31(45,46)47)20(59-10)58-9-12-14(62-22(52)28(36,37)38)16(64-24(54)30(42,43)44)18(66-26(56)32(48,49)50)19(60-12)57-8-7-11-5-3-2-4-6-11/h2-6,10,12-20H,7-9H2,1H3/t10-,12+,13-,14+,15+,16-,17+,18+,19+,20+/m0/s1. The molecule has 1 aromatic rings. The SMILES string of the molecule is C[C@@H]1O[C@@H](OC[C@H]2O[C@@H](OCCc3ccccc3)[C@H](OC(=O)C(F)(F)F)[C@@H](OC(=O)C(F)(F)F)[C@@H]2OC(=O)C(F)(F)F)[C@H](OC(=O)C(F)(F)F)[C@H](OC(=O)C(F)(F)F)[C@H]1OC(=O)C(F)(F)F. The van der Waals surface area contributed by atoms with Crippen LogP contribution in [0.4, 0.5) is 79.0 Å². The molecule has 2 aliphatic heterocycles. The highest BCUT2D eigenvalue weighted by molar-refractivity contribution is 5.79. The van der Waals surface area contributed by atoms with Gasteiger partial charge in [0.15, 0.2) is 49.2 Å². The van der Waals surface area contributed by atoms with Crippen LogP contribution >= 0.6 is 0 Å². The largest absolute Gasteiger partial charge is 0.490 e. The van der Waals surface area contributed by atoms with E-state index in [0.717, 1.165) is 0 Å². The monoisotopic (exact) mass is 1010 g/mol. The molecule has 374 valence electrons. The van der Waals surface area contributed by atoms with Gasteiger partial charge in [0.1, 0.15) is 6.10 Å². The highest BCUT2D eigenvalue weighted by Gasteiger charge is 2.61. The van der Waals surface area contributed by atoms with Crippen LogP contribution in [0.25, 0.3) is 0 Å². The first-order chi connectivity index (χ1) is 29.9. The van der Waals surface area contributed by atoms with E-state index in [-0.39, 0.29) is 12.0 Å². The van der Waals surface area contributed by atoms with Gasteiger partial charge < -0.3 is 47.4 Å². The number of esters is 6. The second-order valence-corrected chi connectivity index (χ2v) is 12.9. The summed E-state index contributed by atoms with van der Waals surface area (Å²) in [5.74, 6) is -20.9. The van der Waals surface area contributed by atoms with E-state index in [1.165, 1.54) is 30.3 Å². The quantitative estimate of drug-likeness (QED) is 0.151. The molecule has 0 spiro atoms. The molecule has 0 bridgehead atoms. The van der Waals surface area contributed by atoms with E-state index in [9.17, 15) is 108 Å². The van der Waals surface area contributed by atoms with Gasteiger partial charge in [0.05, 0.1) is 19.3 Å². The van der Waals surface area contributed by atoms with Crippen molar-refractivity contribution in [2.75, 3.05) is 13.2 Å². The number of ether oxygens (including phenoxy) is 10. The number of rotatable bonds is 13. The number of hydrogen-bond acceptors (Lipinski definition) is 16. The van der Waals surface area contributed by atoms with Crippen LogP contribution in [-0.4, -0.2) is 147 Å². The highest BCUT2D eigenvalue weighted by Crippen LogP contribution is 2.37. The number of carbonyl (C=O) groups excluding carboxylic acids is 6. The van der Waals surface area contributed by atoms with Crippen LogP contribution in [0.1, 0.15) is 12.5 Å². The summed E-state index contributed by atoms with van der Waals surface area (Å²) in [6.45, 7) is -2.58. The van der Waals surface area contributed by atoms with Crippen LogP contribution in [0, 0.1) is 0 Å². The number of alkyl halides is 18. The molecule has 0 saturated carbocycles. The summed E-state index contributed by atoms with van der Waals surface area (Å²) in [4.78, 5) is 71.6. The molecule has 66 heavy (non-hydrogen) atoms. The maximum absolute atomic E-state index is 13.5. The van der Waals surface area contributed by atoms with Crippen molar-refractivity contribution in [2.45, 2.75) is 112 Å². The molecule has 16 nitrogen and oxygen atoms in total. The summed E-state index contributed by atoms with van der Waals surface area (Å²) < 4.78 is 285. The minimum atomic E-state index is -6.26. The molecule has 2 heterocycles. The van der Waals surface area contributed by atoms with Gasteiger partial charge in [-0.1, -0.05) is 30.3 Å². The van der Waals surface area contributed by atoms with Crippen molar-refractivity contribution >= 4 is 35.8 Å². The predicted molar refractivity (Wildman–Crippen MR) is 161 cm³/mol. The average Bonchev–Trinajstić information content (AvgIpc) is 3.16. The van der Waals surface area contributed by atoms with Crippen molar-refractivity contribution in [3.05, 3.63) is 35.9 Å². The average molecular weight is 1010 g/mol. The molecule has 0 aromatic heterocycles. The molecule has 0 amide bonds. The Morgan fingerprint density at radius 1 is 0.439 bits per heavy atom. The Hall–Kier alpha value is -5.38. The molecule has 3 rings (SSSR count). The van der Waals surface area contributed by atoms with Crippen molar-refractivity contribution in [1.29, 1.82) is 0 Å². The number of hydrogen-bond donors (Lipinski definition) is 0. The molecule has 1 aromatic carbocycles. The predicted octanol–water partition coefficient (Wildman–Crippen LogP) is 4.58. The van der Waals surface area contributed by atoms with Gasteiger partial charge in [0, 0.05) is 0 Å². The van der Waals surface area contributed by atoms with Gasteiger partial charge in [-0.15, -0.1) is 0 Å². The maximum Gasteiger partial charge on any atom is 0.490 e. The fourth-order valence-electron chi connectivity index (χ4n) is 5.35. The van der Waals surface area contributed by atoms with Gasteiger partial charge >= 0.3 is 72.9 Å². The van der Waals surface area contributed by atoms with Gasteiger partial charge in [0.2, 0.25) is 0 Å². The zero-order valence-corrected chi connectivity index (χ0v) is 31.6. The molecule has 10 atom stereocenters. The maximum atomic E-state index is 13.5. The first-order valence-electron chi connectivity index (χ1n) is 17.2. The lowest BCUT2D eigenvalue weighted by atomic mass is 9.97. The van der Waals surface area contributed by atoms with Crippen LogP contribution in [-0.2, 0) is 82.6 Å². The van der Waals surface area contributed by atoms with Gasteiger partial charge in [0.25, 0.3) is 0 Å². The Kier molecular flexibility index (Phi) is 17.2. The zero-order valence-electron chi connectivity index (χ0n) is 31.6. The first-order valence-corrected chi connectivity index (χ1v) is 17.2. The number of halogens is 18. The van der Waals surface area contributed by atoms with Crippen molar-refractivity contribution in [3.8, 4) is 0 Å². The third-order valence-electron chi connectivity index (χ3n) is 8.11. The number of carbonyl (C=O) groups is 6. The normalized spacial score (nSPS) is 26.7. The Labute approximate surface area is 352 Å². The van der Waals surface area contributed by atoms with E-state index in [1.54, 1.807) is 0 Å². The lowest BCUT2D eigenvalue weighted by Crippen LogP contribution is -2.65. The van der Waals surface area contributed by atoms with Crippen molar-refractivity contribution < 1.29 is 155 Å². The van der Waals surface area contributed by atoms with Crippen LogP contribution in [0.3, 0.4) is 0 Å². The summed E-state index contributed by atoms with van der Waals surface area (Å²) in [5.41, 5.74) is 0.275. The minimum absolute atomic E-state index is 0.275. The molecule has 0 unspecified atom stereocenters. The van der Waals surface area contributed by atoms with Gasteiger partial charge in [-0.05, 0) is 18.9 Å². The molecule has 34 heteroatoms. The fourth-order valence-corrected chi connectivity index (χ4v) is 5.35. The van der Waals surface area contributed by atoms with Crippen LogP contribution in [0.5, 0.6) is 0 Å². The molecular weight excluding hydrogens is 982 g/mol. The molecule has 0 radical (unpaired) electrons. The van der Waals surface area contributed by atoms with Gasteiger partial charge in [-0.25, -0.2) is 28.8 Å². The van der Waals surface area contributed by atoms with Crippen LogP contribution in [0.15, 0.2) is 30.3 Å². The molecule has 0 aliphatic carbocycles. The topological polar surface area (TPSA) is 195 Å². The Bertz CT molecular complexity index is 1880. The van der Waals surface area contributed by atoms with E-state index in [1.807, 2.05) is 0 Å². The van der Waals surface area contributed by atoms with Crippen LogP contribution in [0.2, 0.25) is 0 Å². The molecular formula is C32H24F18O16. The van der Waals surface area contributed by atoms with E-state index in [4.69, 9.17) is 18.9 Å². The Morgan fingerprint density at radius 3 is 1.14 bits per heavy atom. The van der Waals surface area contributed by atoms with Crippen molar-refractivity contribution in [3.63, 3.8) is 0 Å².